The molecule has 0 saturated carbocycles. The molecule has 1 aromatic heterocycles. The van der Waals surface area contributed by atoms with Crippen molar-refractivity contribution in [1.82, 2.24) is 15.6 Å². The molecule has 0 unspecified atom stereocenters. The standard InChI is InChI=1S/C17H23FN4S2.HI/c1-12-13(2)24-16(22-12)8-9-20-17(19-3)21-10-11-23-15-7-5-4-6-14(15)18;/h4-7H,8-11H2,1-3H3,(H2,19,20,21);1H. The maximum Gasteiger partial charge on any atom is 0.191 e. The fourth-order valence-corrected chi connectivity index (χ4v) is 3.79. The van der Waals surface area contributed by atoms with Crippen molar-refractivity contribution in [2.75, 3.05) is 25.9 Å². The SMILES string of the molecule is CN=C(NCCSc1ccccc1F)NCCc1nc(C)c(C)s1.I. The van der Waals surface area contributed by atoms with Gasteiger partial charge in [-0.3, -0.25) is 4.99 Å². The average molecular weight is 494 g/mol. The first-order valence-electron chi connectivity index (χ1n) is 7.85. The summed E-state index contributed by atoms with van der Waals surface area (Å²) in [6.07, 6.45) is 0.879. The Balaban J connectivity index is 0.00000312. The van der Waals surface area contributed by atoms with Gasteiger partial charge >= 0.3 is 0 Å². The van der Waals surface area contributed by atoms with Crippen molar-refractivity contribution in [2.45, 2.75) is 25.2 Å². The summed E-state index contributed by atoms with van der Waals surface area (Å²) >= 11 is 3.24. The quantitative estimate of drug-likeness (QED) is 0.201. The molecule has 2 aromatic rings. The molecule has 0 atom stereocenters. The lowest BCUT2D eigenvalue weighted by molar-refractivity contribution is 0.602. The molecule has 0 saturated heterocycles. The van der Waals surface area contributed by atoms with Crippen LogP contribution in [-0.2, 0) is 6.42 Å². The van der Waals surface area contributed by atoms with Crippen LogP contribution in [0.5, 0.6) is 0 Å². The smallest absolute Gasteiger partial charge is 0.191 e. The zero-order valence-electron chi connectivity index (χ0n) is 14.6. The molecule has 0 aliphatic carbocycles. The number of nitrogens with one attached hydrogen (secondary N) is 2. The van der Waals surface area contributed by atoms with Gasteiger partial charge in [0.05, 0.1) is 10.7 Å². The number of thioether (sulfide) groups is 1. The Morgan fingerprint density at radius 2 is 1.96 bits per heavy atom. The van der Waals surface area contributed by atoms with Crippen molar-refractivity contribution in [3.8, 4) is 0 Å². The molecule has 0 aliphatic rings. The van der Waals surface area contributed by atoms with Crippen LogP contribution in [0, 0.1) is 19.7 Å². The Kier molecular flexibility index (Phi) is 10.4. The number of aromatic nitrogens is 1. The summed E-state index contributed by atoms with van der Waals surface area (Å²) < 4.78 is 13.5. The zero-order chi connectivity index (χ0) is 17.4. The lowest BCUT2D eigenvalue weighted by atomic mass is 10.3. The number of aliphatic imine (C=N–C) groups is 1. The maximum atomic E-state index is 13.5. The van der Waals surface area contributed by atoms with Crippen LogP contribution in [0.4, 0.5) is 4.39 Å². The lowest BCUT2D eigenvalue weighted by Gasteiger charge is -2.11. The zero-order valence-corrected chi connectivity index (χ0v) is 18.6. The summed E-state index contributed by atoms with van der Waals surface area (Å²) in [4.78, 5) is 10.7. The molecule has 25 heavy (non-hydrogen) atoms. The Morgan fingerprint density at radius 1 is 1.24 bits per heavy atom. The van der Waals surface area contributed by atoms with Gasteiger partial charge < -0.3 is 10.6 Å². The van der Waals surface area contributed by atoms with Crippen molar-refractivity contribution >= 4 is 53.0 Å². The van der Waals surface area contributed by atoms with Crippen LogP contribution in [0.2, 0.25) is 0 Å². The van der Waals surface area contributed by atoms with Gasteiger partial charge in [-0.05, 0) is 26.0 Å². The highest BCUT2D eigenvalue weighted by Gasteiger charge is 2.04. The molecule has 2 N–H and O–H groups in total. The van der Waals surface area contributed by atoms with Gasteiger partial charge in [-0.1, -0.05) is 12.1 Å². The number of rotatable bonds is 7. The highest BCUT2D eigenvalue weighted by Crippen LogP contribution is 2.20. The van der Waals surface area contributed by atoms with E-state index in [1.165, 1.54) is 22.7 Å². The number of hydrogen-bond donors (Lipinski definition) is 2. The van der Waals surface area contributed by atoms with E-state index in [4.69, 9.17) is 0 Å². The molecule has 0 amide bonds. The van der Waals surface area contributed by atoms with Crippen LogP contribution in [0.1, 0.15) is 15.6 Å². The fraction of sp³-hybridized carbons (Fsp3) is 0.412. The Hall–Kier alpha value is -0.870. The second kappa shape index (κ2) is 11.7. The van der Waals surface area contributed by atoms with Crippen molar-refractivity contribution in [3.63, 3.8) is 0 Å². The molecular formula is C17H24FIN4S2. The second-order valence-corrected chi connectivity index (χ2v) is 7.63. The monoisotopic (exact) mass is 494 g/mol. The largest absolute Gasteiger partial charge is 0.356 e. The van der Waals surface area contributed by atoms with E-state index in [0.717, 1.165) is 35.4 Å². The molecule has 0 radical (unpaired) electrons. The van der Waals surface area contributed by atoms with Crippen LogP contribution in [0.15, 0.2) is 34.2 Å². The van der Waals surface area contributed by atoms with Gasteiger partial charge in [-0.15, -0.1) is 47.1 Å². The Morgan fingerprint density at radius 3 is 2.60 bits per heavy atom. The summed E-state index contributed by atoms with van der Waals surface area (Å²) in [6, 6.07) is 6.83. The molecule has 8 heteroatoms. The summed E-state index contributed by atoms with van der Waals surface area (Å²) in [7, 11) is 1.75. The number of nitrogens with zero attached hydrogens (tertiary/aromatic N) is 2. The van der Waals surface area contributed by atoms with Gasteiger partial charge in [0.2, 0.25) is 0 Å². The molecule has 0 spiro atoms. The summed E-state index contributed by atoms with van der Waals surface area (Å²) in [5, 5.41) is 7.66. The number of aryl methyl sites for hydroxylation is 2. The Bertz CT molecular complexity index is 672. The van der Waals surface area contributed by atoms with Gasteiger partial charge in [-0.25, -0.2) is 9.37 Å². The van der Waals surface area contributed by atoms with Crippen molar-refractivity contribution in [3.05, 3.63) is 45.7 Å². The number of hydrogen-bond acceptors (Lipinski definition) is 4. The van der Waals surface area contributed by atoms with E-state index in [2.05, 4.69) is 27.5 Å². The normalized spacial score (nSPS) is 11.1. The van der Waals surface area contributed by atoms with E-state index in [1.54, 1.807) is 30.5 Å². The third kappa shape index (κ3) is 7.49. The fourth-order valence-electron chi connectivity index (χ4n) is 2.05. The predicted molar refractivity (Wildman–Crippen MR) is 117 cm³/mol. The van der Waals surface area contributed by atoms with Crippen LogP contribution in [0.3, 0.4) is 0 Å². The minimum Gasteiger partial charge on any atom is -0.356 e. The first-order chi connectivity index (χ1) is 11.6. The number of thiazole rings is 1. The van der Waals surface area contributed by atoms with Gasteiger partial charge in [0.15, 0.2) is 5.96 Å². The summed E-state index contributed by atoms with van der Waals surface area (Å²) in [5.41, 5.74) is 1.11. The first kappa shape index (κ1) is 22.2. The maximum absolute atomic E-state index is 13.5. The van der Waals surface area contributed by atoms with Crippen LogP contribution in [-0.4, -0.2) is 36.8 Å². The lowest BCUT2D eigenvalue weighted by Crippen LogP contribution is -2.39. The highest BCUT2D eigenvalue weighted by atomic mass is 127. The predicted octanol–water partition coefficient (Wildman–Crippen LogP) is 4.02. The minimum absolute atomic E-state index is 0. The van der Waals surface area contributed by atoms with Crippen molar-refractivity contribution in [1.29, 1.82) is 0 Å². The van der Waals surface area contributed by atoms with Gasteiger partial charge in [0, 0.05) is 42.1 Å². The minimum atomic E-state index is -0.168. The van der Waals surface area contributed by atoms with E-state index >= 15 is 0 Å². The van der Waals surface area contributed by atoms with E-state index < -0.39 is 0 Å². The number of halogens is 2. The van der Waals surface area contributed by atoms with Gasteiger partial charge in [-0.2, -0.15) is 0 Å². The van der Waals surface area contributed by atoms with Gasteiger partial charge in [0.1, 0.15) is 5.82 Å². The Labute approximate surface area is 174 Å². The van der Waals surface area contributed by atoms with Crippen molar-refractivity contribution in [2.24, 2.45) is 4.99 Å². The molecule has 4 nitrogen and oxygen atoms in total. The third-order valence-corrected chi connectivity index (χ3v) is 5.60. The molecule has 138 valence electrons. The summed E-state index contributed by atoms with van der Waals surface area (Å²) in [5.74, 6) is 1.36. The third-order valence-electron chi connectivity index (χ3n) is 3.42. The number of guanidine groups is 1. The van der Waals surface area contributed by atoms with Crippen LogP contribution in [0.25, 0.3) is 0 Å². The van der Waals surface area contributed by atoms with Crippen molar-refractivity contribution < 1.29 is 4.39 Å². The first-order valence-corrected chi connectivity index (χ1v) is 9.65. The van der Waals surface area contributed by atoms with E-state index in [-0.39, 0.29) is 29.8 Å². The second-order valence-electron chi connectivity index (χ2n) is 5.20. The molecule has 1 heterocycles. The topological polar surface area (TPSA) is 49.3 Å². The molecule has 0 bridgehead atoms. The van der Waals surface area contributed by atoms with E-state index in [1.807, 2.05) is 13.0 Å². The van der Waals surface area contributed by atoms with E-state index in [9.17, 15) is 4.39 Å². The average Bonchev–Trinajstić information content (AvgIpc) is 2.89. The van der Waals surface area contributed by atoms with Gasteiger partial charge in [0.25, 0.3) is 0 Å². The highest BCUT2D eigenvalue weighted by molar-refractivity contribution is 14.0. The van der Waals surface area contributed by atoms with Crippen LogP contribution >= 0.6 is 47.1 Å². The summed E-state index contributed by atoms with van der Waals surface area (Å²) in [6.45, 7) is 5.63. The molecular weight excluding hydrogens is 470 g/mol. The van der Waals surface area contributed by atoms with E-state index in [0.29, 0.717) is 11.4 Å². The molecule has 0 aliphatic heterocycles. The molecule has 2 rings (SSSR count). The molecule has 1 aromatic carbocycles. The molecule has 0 fully saturated rings. The number of benzene rings is 1. The van der Waals surface area contributed by atoms with Crippen LogP contribution < -0.4 is 10.6 Å².